The Morgan fingerprint density at radius 2 is 2.10 bits per heavy atom. The molecule has 2 unspecified atom stereocenters. The number of hydrogen-bond donors (Lipinski definition) is 2. The first-order valence-electron chi connectivity index (χ1n) is 9.40. The van der Waals surface area contributed by atoms with Crippen molar-refractivity contribution in [2.45, 2.75) is 32.5 Å². The van der Waals surface area contributed by atoms with E-state index in [-0.39, 0.29) is 17.6 Å². The lowest BCUT2D eigenvalue weighted by atomic mass is 10.1. The molecule has 4 rings (SSSR count). The summed E-state index contributed by atoms with van der Waals surface area (Å²) in [5.74, 6) is 0.724. The van der Waals surface area contributed by atoms with Crippen LogP contribution in [0.2, 0.25) is 0 Å². The molecule has 0 aliphatic carbocycles. The summed E-state index contributed by atoms with van der Waals surface area (Å²) in [6, 6.07) is 11.8. The Morgan fingerprint density at radius 3 is 2.86 bits per heavy atom. The van der Waals surface area contributed by atoms with Crippen LogP contribution in [-0.4, -0.2) is 37.6 Å². The van der Waals surface area contributed by atoms with E-state index in [9.17, 15) is 9.90 Å². The number of aliphatic hydroxyl groups is 1. The highest BCUT2D eigenvalue weighted by Gasteiger charge is 2.10. The molecule has 8 heteroatoms. The van der Waals surface area contributed by atoms with Crippen molar-refractivity contribution in [2.75, 3.05) is 6.61 Å². The lowest BCUT2D eigenvalue weighted by Gasteiger charge is -2.14. The van der Waals surface area contributed by atoms with Crippen molar-refractivity contribution in [1.82, 2.24) is 19.7 Å². The second-order valence-corrected chi connectivity index (χ2v) is 8.06. The topological polar surface area (TPSA) is 93.0 Å². The van der Waals surface area contributed by atoms with Gasteiger partial charge >= 0.3 is 4.87 Å². The van der Waals surface area contributed by atoms with Crippen molar-refractivity contribution in [3.05, 3.63) is 75.3 Å². The highest BCUT2D eigenvalue weighted by atomic mass is 32.1. The van der Waals surface area contributed by atoms with Crippen LogP contribution in [0.15, 0.2) is 53.6 Å². The maximum absolute atomic E-state index is 11.5. The Bertz CT molecular complexity index is 1160. The molecule has 0 aliphatic rings. The van der Waals surface area contributed by atoms with Crippen molar-refractivity contribution < 1.29 is 9.84 Å². The van der Waals surface area contributed by atoms with Gasteiger partial charge in [0.15, 0.2) is 5.82 Å². The first-order chi connectivity index (χ1) is 14.0. The Morgan fingerprint density at radius 1 is 1.24 bits per heavy atom. The molecular formula is C21H22N4O3S. The van der Waals surface area contributed by atoms with Gasteiger partial charge in [-0.1, -0.05) is 23.5 Å². The number of hydrogen-bond acceptors (Lipinski definition) is 6. The number of nitrogens with one attached hydrogen (secondary N) is 1. The number of H-pyrrole nitrogens is 1. The standard InChI is InChI=1S/C21H22N4O3S/c1-13(26)12-28-14(2)16-4-6-20(22-11-16)25-8-7-17(24-25)9-15-3-5-18-19(10-15)29-21(27)23-18/h3-8,10-11,13-14,26H,9,12H2,1-2H3,(H,23,27). The van der Waals surface area contributed by atoms with Crippen LogP contribution in [0, 0.1) is 0 Å². The fraction of sp³-hybridized carbons (Fsp3) is 0.286. The van der Waals surface area contributed by atoms with Crippen molar-refractivity contribution in [3.8, 4) is 5.82 Å². The van der Waals surface area contributed by atoms with Crippen molar-refractivity contribution in [1.29, 1.82) is 0 Å². The number of aromatic amines is 1. The molecule has 0 aliphatic heterocycles. The number of ether oxygens (including phenoxy) is 1. The minimum absolute atomic E-state index is 0.0402. The van der Waals surface area contributed by atoms with Crippen LogP contribution in [0.1, 0.15) is 36.8 Å². The van der Waals surface area contributed by atoms with Gasteiger partial charge in [-0.3, -0.25) is 4.79 Å². The Hall–Kier alpha value is -2.81. The van der Waals surface area contributed by atoms with E-state index >= 15 is 0 Å². The van der Waals surface area contributed by atoms with Gasteiger partial charge in [0.2, 0.25) is 0 Å². The number of pyridine rings is 1. The molecule has 7 nitrogen and oxygen atoms in total. The highest BCUT2D eigenvalue weighted by Crippen LogP contribution is 2.19. The minimum Gasteiger partial charge on any atom is -0.391 e. The second kappa shape index (κ2) is 8.28. The van der Waals surface area contributed by atoms with E-state index in [2.05, 4.69) is 15.1 Å². The summed E-state index contributed by atoms with van der Waals surface area (Å²) >= 11 is 1.22. The summed E-state index contributed by atoms with van der Waals surface area (Å²) in [6.45, 7) is 3.92. The summed E-state index contributed by atoms with van der Waals surface area (Å²) in [5, 5.41) is 14.0. The van der Waals surface area contributed by atoms with Gasteiger partial charge in [-0.2, -0.15) is 5.10 Å². The van der Waals surface area contributed by atoms with Gasteiger partial charge < -0.3 is 14.8 Å². The SMILES string of the molecule is CC(O)COC(C)c1ccc(-n2ccc(Cc3ccc4[nH]c(=O)sc4c3)n2)nc1. The van der Waals surface area contributed by atoms with E-state index in [0.717, 1.165) is 32.9 Å². The van der Waals surface area contributed by atoms with Gasteiger partial charge in [-0.15, -0.1) is 0 Å². The third kappa shape index (κ3) is 4.61. The first-order valence-corrected chi connectivity index (χ1v) is 10.2. The van der Waals surface area contributed by atoms with E-state index in [0.29, 0.717) is 6.42 Å². The van der Waals surface area contributed by atoms with Crippen molar-refractivity contribution >= 4 is 21.6 Å². The zero-order valence-corrected chi connectivity index (χ0v) is 17.0. The predicted molar refractivity (Wildman–Crippen MR) is 113 cm³/mol. The number of benzene rings is 1. The van der Waals surface area contributed by atoms with Crippen molar-refractivity contribution in [2.24, 2.45) is 0 Å². The van der Waals surface area contributed by atoms with Crippen LogP contribution in [0.3, 0.4) is 0 Å². The predicted octanol–water partition coefficient (Wildman–Crippen LogP) is 3.22. The molecule has 0 spiro atoms. The number of aromatic nitrogens is 4. The number of rotatable bonds is 7. The number of nitrogens with zero attached hydrogens (tertiary/aromatic N) is 3. The summed E-state index contributed by atoms with van der Waals surface area (Å²) in [7, 11) is 0. The third-order valence-corrected chi connectivity index (χ3v) is 5.42. The van der Waals surface area contributed by atoms with Crippen LogP contribution in [0.25, 0.3) is 16.0 Å². The second-order valence-electron chi connectivity index (χ2n) is 7.05. The third-order valence-electron chi connectivity index (χ3n) is 4.58. The summed E-state index contributed by atoms with van der Waals surface area (Å²) < 4.78 is 8.30. The zero-order valence-electron chi connectivity index (χ0n) is 16.2. The van der Waals surface area contributed by atoms with Crippen molar-refractivity contribution in [3.63, 3.8) is 0 Å². The molecule has 0 saturated heterocycles. The molecule has 2 N–H and O–H groups in total. The average molecular weight is 410 g/mol. The number of thiazole rings is 1. The zero-order chi connectivity index (χ0) is 20.4. The van der Waals surface area contributed by atoms with Crippen LogP contribution >= 0.6 is 11.3 Å². The lowest BCUT2D eigenvalue weighted by molar-refractivity contribution is 0.00436. The van der Waals surface area contributed by atoms with Gasteiger partial charge in [0.1, 0.15) is 0 Å². The maximum Gasteiger partial charge on any atom is 0.305 e. The van der Waals surface area contributed by atoms with Gasteiger partial charge in [-0.05, 0) is 49.2 Å². The van der Waals surface area contributed by atoms with E-state index in [1.165, 1.54) is 11.3 Å². The molecule has 0 saturated carbocycles. The monoisotopic (exact) mass is 410 g/mol. The van der Waals surface area contributed by atoms with Crippen LogP contribution in [0.4, 0.5) is 0 Å². The first kappa shape index (κ1) is 19.5. The molecule has 0 radical (unpaired) electrons. The van der Waals surface area contributed by atoms with Gasteiger partial charge in [0, 0.05) is 18.8 Å². The fourth-order valence-corrected chi connectivity index (χ4v) is 3.85. The summed E-state index contributed by atoms with van der Waals surface area (Å²) in [5.41, 5.74) is 3.84. The molecule has 3 heterocycles. The van der Waals surface area contributed by atoms with Crippen LogP contribution in [0.5, 0.6) is 0 Å². The number of aliphatic hydroxyl groups excluding tert-OH is 1. The molecule has 150 valence electrons. The molecule has 4 aromatic rings. The van der Waals surface area contributed by atoms with E-state index in [1.807, 2.05) is 49.5 Å². The molecule has 0 bridgehead atoms. The smallest absolute Gasteiger partial charge is 0.305 e. The normalized spacial score (nSPS) is 13.6. The quantitative estimate of drug-likeness (QED) is 0.488. The summed E-state index contributed by atoms with van der Waals surface area (Å²) in [6.07, 6.45) is 3.70. The highest BCUT2D eigenvalue weighted by molar-refractivity contribution is 7.16. The minimum atomic E-state index is -0.492. The lowest BCUT2D eigenvalue weighted by Crippen LogP contribution is -2.13. The van der Waals surface area contributed by atoms with E-state index in [4.69, 9.17) is 4.74 Å². The Balaban J connectivity index is 1.45. The molecule has 2 atom stereocenters. The van der Waals surface area contributed by atoms with Crippen LogP contribution < -0.4 is 4.87 Å². The average Bonchev–Trinajstić information content (AvgIpc) is 3.31. The Kier molecular flexibility index (Phi) is 5.57. The van der Waals surface area contributed by atoms with Gasteiger partial charge in [0.25, 0.3) is 0 Å². The van der Waals surface area contributed by atoms with E-state index in [1.54, 1.807) is 17.8 Å². The maximum atomic E-state index is 11.5. The van der Waals surface area contributed by atoms with Gasteiger partial charge in [-0.25, -0.2) is 9.67 Å². The molecule has 0 amide bonds. The molecular weight excluding hydrogens is 388 g/mol. The van der Waals surface area contributed by atoms with Gasteiger partial charge in [0.05, 0.1) is 34.7 Å². The fourth-order valence-electron chi connectivity index (χ4n) is 3.05. The molecule has 29 heavy (non-hydrogen) atoms. The Labute approximate surface area is 171 Å². The summed E-state index contributed by atoms with van der Waals surface area (Å²) in [4.78, 5) is 18.7. The molecule has 0 fully saturated rings. The number of fused-ring (bicyclic) bond motifs is 1. The largest absolute Gasteiger partial charge is 0.391 e. The molecule has 3 aromatic heterocycles. The molecule has 1 aromatic carbocycles. The van der Waals surface area contributed by atoms with E-state index < -0.39 is 6.10 Å². The van der Waals surface area contributed by atoms with Crippen LogP contribution in [-0.2, 0) is 11.2 Å².